The second kappa shape index (κ2) is 4.99. The van der Waals surface area contributed by atoms with Gasteiger partial charge in [0, 0.05) is 13.6 Å². The third-order valence-electron chi connectivity index (χ3n) is 2.06. The van der Waals surface area contributed by atoms with Gasteiger partial charge in [-0.05, 0) is 38.1 Å². The van der Waals surface area contributed by atoms with E-state index in [2.05, 4.69) is 22.8 Å². The van der Waals surface area contributed by atoms with E-state index in [4.69, 9.17) is 0 Å². The molecule has 0 radical (unpaired) electrons. The maximum Gasteiger partial charge on any atom is 0.0167 e. The summed E-state index contributed by atoms with van der Waals surface area (Å²) in [6, 6.07) is 0. The molecule has 0 aromatic heterocycles. The van der Waals surface area contributed by atoms with E-state index in [0.717, 1.165) is 12.5 Å². The average molecular weight is 166 g/mol. The van der Waals surface area contributed by atoms with E-state index < -0.39 is 0 Å². The highest BCUT2D eigenvalue weighted by atomic mass is 14.8. The Morgan fingerprint density at radius 1 is 1.42 bits per heavy atom. The summed E-state index contributed by atoms with van der Waals surface area (Å²) < 4.78 is 0. The van der Waals surface area contributed by atoms with E-state index in [1.165, 1.54) is 18.4 Å². The van der Waals surface area contributed by atoms with Gasteiger partial charge in [0.15, 0.2) is 0 Å². The molecule has 2 heteroatoms. The van der Waals surface area contributed by atoms with E-state index in [0.29, 0.717) is 0 Å². The lowest BCUT2D eigenvalue weighted by molar-refractivity contribution is 0.816. The minimum absolute atomic E-state index is 0.860. The highest BCUT2D eigenvalue weighted by Crippen LogP contribution is 2.35. The molecule has 1 fully saturated rings. The predicted molar refractivity (Wildman–Crippen MR) is 52.9 cm³/mol. The summed E-state index contributed by atoms with van der Waals surface area (Å²) in [5.74, 6) is 0.860. The lowest BCUT2D eigenvalue weighted by Gasteiger charge is -2.02. The van der Waals surface area contributed by atoms with Gasteiger partial charge in [0.05, 0.1) is 0 Å². The third-order valence-corrected chi connectivity index (χ3v) is 2.06. The van der Waals surface area contributed by atoms with Crippen LogP contribution >= 0.6 is 0 Å². The minimum Gasteiger partial charge on any atom is -0.394 e. The van der Waals surface area contributed by atoms with Crippen molar-refractivity contribution in [3.8, 4) is 0 Å². The van der Waals surface area contributed by atoms with Crippen LogP contribution in [0.15, 0.2) is 23.9 Å². The normalized spacial score (nSPS) is 18.7. The Balaban J connectivity index is 2.39. The lowest BCUT2D eigenvalue weighted by Crippen LogP contribution is -2.11. The molecule has 0 atom stereocenters. The molecule has 0 aromatic rings. The first-order valence-electron chi connectivity index (χ1n) is 4.56. The Morgan fingerprint density at radius 3 is 2.67 bits per heavy atom. The molecule has 1 aliphatic rings. The standard InChI is InChI=1S/C10H18N2/c1-11-7-3-4-10(8-12-2)9-5-6-9/h3-4,7,9,11-12H,5-6,8H2,1-2H3/b7-3-,10-4+. The van der Waals surface area contributed by atoms with Crippen molar-refractivity contribution in [1.82, 2.24) is 10.6 Å². The van der Waals surface area contributed by atoms with E-state index in [-0.39, 0.29) is 0 Å². The molecule has 2 N–H and O–H groups in total. The molecule has 0 aromatic carbocycles. The van der Waals surface area contributed by atoms with Crippen LogP contribution in [0.2, 0.25) is 0 Å². The number of nitrogens with one attached hydrogen (secondary N) is 2. The summed E-state index contributed by atoms with van der Waals surface area (Å²) in [7, 11) is 3.91. The van der Waals surface area contributed by atoms with Crippen LogP contribution in [0, 0.1) is 5.92 Å². The second-order valence-corrected chi connectivity index (χ2v) is 3.19. The monoisotopic (exact) mass is 166 g/mol. The Bertz CT molecular complexity index is 178. The fourth-order valence-corrected chi connectivity index (χ4v) is 1.27. The largest absolute Gasteiger partial charge is 0.394 e. The topological polar surface area (TPSA) is 24.1 Å². The zero-order valence-corrected chi connectivity index (χ0v) is 7.93. The average Bonchev–Trinajstić information content (AvgIpc) is 2.86. The van der Waals surface area contributed by atoms with E-state index in [1.807, 2.05) is 20.3 Å². The summed E-state index contributed by atoms with van der Waals surface area (Å²) in [4.78, 5) is 0. The highest BCUT2D eigenvalue weighted by molar-refractivity contribution is 5.20. The third kappa shape index (κ3) is 3.09. The van der Waals surface area contributed by atoms with E-state index >= 15 is 0 Å². The van der Waals surface area contributed by atoms with Crippen LogP contribution in [0.3, 0.4) is 0 Å². The first-order valence-corrected chi connectivity index (χ1v) is 4.56. The van der Waals surface area contributed by atoms with Gasteiger partial charge in [-0.2, -0.15) is 0 Å². The van der Waals surface area contributed by atoms with Crippen LogP contribution in [0.1, 0.15) is 12.8 Å². The smallest absolute Gasteiger partial charge is 0.0167 e. The molecule has 2 nitrogen and oxygen atoms in total. The highest BCUT2D eigenvalue weighted by Gasteiger charge is 2.24. The van der Waals surface area contributed by atoms with Crippen LogP contribution in [-0.2, 0) is 0 Å². The molecule has 0 aliphatic heterocycles. The zero-order chi connectivity index (χ0) is 8.81. The fourth-order valence-electron chi connectivity index (χ4n) is 1.27. The van der Waals surface area contributed by atoms with Gasteiger partial charge in [-0.15, -0.1) is 0 Å². The number of rotatable bonds is 5. The Morgan fingerprint density at radius 2 is 2.17 bits per heavy atom. The van der Waals surface area contributed by atoms with E-state index in [1.54, 1.807) is 0 Å². The van der Waals surface area contributed by atoms with Gasteiger partial charge in [0.1, 0.15) is 0 Å². The van der Waals surface area contributed by atoms with Crippen molar-refractivity contribution in [2.45, 2.75) is 12.8 Å². The van der Waals surface area contributed by atoms with Crippen molar-refractivity contribution in [2.24, 2.45) is 5.92 Å². The maximum atomic E-state index is 3.19. The summed E-state index contributed by atoms with van der Waals surface area (Å²) in [6.07, 6.45) is 9.00. The van der Waals surface area contributed by atoms with Crippen molar-refractivity contribution in [1.29, 1.82) is 0 Å². The van der Waals surface area contributed by atoms with Crippen molar-refractivity contribution >= 4 is 0 Å². The Kier molecular flexibility index (Phi) is 3.88. The van der Waals surface area contributed by atoms with Crippen molar-refractivity contribution in [2.75, 3.05) is 20.6 Å². The van der Waals surface area contributed by atoms with Crippen LogP contribution in [0.25, 0.3) is 0 Å². The molecule has 0 bridgehead atoms. The molecule has 0 amide bonds. The maximum absolute atomic E-state index is 3.19. The number of likely N-dealkylation sites (N-methyl/N-ethyl adjacent to an activating group) is 1. The van der Waals surface area contributed by atoms with Crippen LogP contribution in [0.5, 0.6) is 0 Å². The van der Waals surface area contributed by atoms with Crippen molar-refractivity contribution < 1.29 is 0 Å². The second-order valence-electron chi connectivity index (χ2n) is 3.19. The molecule has 1 aliphatic carbocycles. The first kappa shape index (κ1) is 9.33. The number of allylic oxidation sites excluding steroid dienone is 2. The van der Waals surface area contributed by atoms with Crippen LogP contribution in [-0.4, -0.2) is 20.6 Å². The molecule has 1 saturated carbocycles. The molecular weight excluding hydrogens is 148 g/mol. The predicted octanol–water partition coefficient (Wildman–Crippen LogP) is 1.28. The van der Waals surface area contributed by atoms with Gasteiger partial charge < -0.3 is 10.6 Å². The SMILES string of the molecule is CN/C=C\C=C(/CNC)C1CC1. The zero-order valence-electron chi connectivity index (χ0n) is 7.93. The summed E-state index contributed by atoms with van der Waals surface area (Å²) in [5.41, 5.74) is 1.53. The molecular formula is C10H18N2. The Labute approximate surface area is 74.7 Å². The molecule has 1 rings (SSSR count). The van der Waals surface area contributed by atoms with Crippen molar-refractivity contribution in [3.05, 3.63) is 23.9 Å². The van der Waals surface area contributed by atoms with Gasteiger partial charge in [-0.25, -0.2) is 0 Å². The molecule has 0 saturated heterocycles. The van der Waals surface area contributed by atoms with Crippen molar-refractivity contribution in [3.63, 3.8) is 0 Å². The number of hydrogen-bond donors (Lipinski definition) is 2. The molecule has 12 heavy (non-hydrogen) atoms. The molecule has 68 valence electrons. The van der Waals surface area contributed by atoms with Crippen LogP contribution < -0.4 is 10.6 Å². The molecule has 0 unspecified atom stereocenters. The van der Waals surface area contributed by atoms with Gasteiger partial charge in [0.25, 0.3) is 0 Å². The summed E-state index contributed by atoms with van der Waals surface area (Å²) >= 11 is 0. The van der Waals surface area contributed by atoms with E-state index in [9.17, 15) is 0 Å². The van der Waals surface area contributed by atoms with Crippen LogP contribution in [0.4, 0.5) is 0 Å². The van der Waals surface area contributed by atoms with Gasteiger partial charge in [-0.1, -0.05) is 11.6 Å². The minimum atomic E-state index is 0.860. The summed E-state index contributed by atoms with van der Waals surface area (Å²) in [6.45, 7) is 1.03. The fraction of sp³-hybridized carbons (Fsp3) is 0.600. The summed E-state index contributed by atoms with van der Waals surface area (Å²) in [5, 5.41) is 6.17. The molecule has 0 spiro atoms. The number of hydrogen-bond acceptors (Lipinski definition) is 2. The first-order chi connectivity index (χ1) is 5.88. The van der Waals surface area contributed by atoms with Gasteiger partial charge in [-0.3, -0.25) is 0 Å². The Hall–Kier alpha value is -0.760. The van der Waals surface area contributed by atoms with Gasteiger partial charge >= 0.3 is 0 Å². The lowest BCUT2D eigenvalue weighted by atomic mass is 10.1. The quantitative estimate of drug-likeness (QED) is 0.601. The molecule has 0 heterocycles. The van der Waals surface area contributed by atoms with Gasteiger partial charge in [0.2, 0.25) is 0 Å².